The van der Waals surface area contributed by atoms with Crippen molar-refractivity contribution in [2.75, 3.05) is 5.32 Å². The van der Waals surface area contributed by atoms with Crippen LogP contribution in [0.2, 0.25) is 5.15 Å². The van der Waals surface area contributed by atoms with Gasteiger partial charge in [-0.25, -0.2) is 18.9 Å². The largest absolute Gasteiger partial charge is 0.359 e. The summed E-state index contributed by atoms with van der Waals surface area (Å²) in [6.45, 7) is 1.83. The number of aromatic nitrogens is 4. The number of hydrogen-bond acceptors (Lipinski definition) is 4. The van der Waals surface area contributed by atoms with Gasteiger partial charge in [0.05, 0.1) is 28.2 Å². The molecule has 1 aromatic carbocycles. The van der Waals surface area contributed by atoms with E-state index in [2.05, 4.69) is 25.5 Å². The van der Waals surface area contributed by atoms with Crippen molar-refractivity contribution in [2.24, 2.45) is 0 Å². The molecule has 0 radical (unpaired) electrons. The van der Waals surface area contributed by atoms with Gasteiger partial charge in [0.1, 0.15) is 11.6 Å². The first kappa shape index (κ1) is 15.5. The Balaban J connectivity index is 1.99. The van der Waals surface area contributed by atoms with Gasteiger partial charge in [-0.05, 0) is 24.6 Å². The predicted molar refractivity (Wildman–Crippen MR) is 91.4 cm³/mol. The van der Waals surface area contributed by atoms with Crippen LogP contribution in [0.1, 0.15) is 5.56 Å². The number of fused-ring (bicyclic) bond motifs is 2. The lowest BCUT2D eigenvalue weighted by Crippen LogP contribution is -2.12. The molecule has 3 aromatic heterocycles. The van der Waals surface area contributed by atoms with Crippen LogP contribution in [-0.4, -0.2) is 20.2 Å². The molecule has 4 rings (SSSR count). The molecule has 0 fully saturated rings. The fourth-order valence-corrected chi connectivity index (χ4v) is 2.95. The SMILES string of the molecule is Cc1c[nH]c2c(Nc3nc(Cl)c(F)c4cn[nH]c(=O)c34)cc(F)cc12. The highest BCUT2D eigenvalue weighted by Gasteiger charge is 2.17. The summed E-state index contributed by atoms with van der Waals surface area (Å²) in [5.74, 6) is -1.31. The van der Waals surface area contributed by atoms with E-state index in [-0.39, 0.29) is 16.6 Å². The molecule has 9 heteroatoms. The molecule has 0 saturated carbocycles. The van der Waals surface area contributed by atoms with Crippen LogP contribution < -0.4 is 10.9 Å². The zero-order valence-corrected chi connectivity index (χ0v) is 13.5. The third kappa shape index (κ3) is 2.42. The monoisotopic (exact) mass is 361 g/mol. The summed E-state index contributed by atoms with van der Waals surface area (Å²) in [5, 5.41) is 8.78. The molecule has 0 bridgehead atoms. The van der Waals surface area contributed by atoms with Crippen LogP contribution in [-0.2, 0) is 0 Å². The minimum atomic E-state index is -0.846. The van der Waals surface area contributed by atoms with E-state index in [1.807, 2.05) is 6.92 Å². The molecule has 126 valence electrons. The third-order valence-corrected chi connectivity index (χ3v) is 4.18. The predicted octanol–water partition coefficient (Wildman–Crippen LogP) is 3.78. The van der Waals surface area contributed by atoms with E-state index >= 15 is 0 Å². The Bertz CT molecular complexity index is 1200. The number of halogens is 3. The first-order chi connectivity index (χ1) is 12.0. The Kier molecular flexibility index (Phi) is 3.43. The number of aromatic amines is 2. The van der Waals surface area contributed by atoms with E-state index in [4.69, 9.17) is 11.6 Å². The minimum absolute atomic E-state index is 0.00389. The van der Waals surface area contributed by atoms with Crippen molar-refractivity contribution in [3.63, 3.8) is 0 Å². The highest BCUT2D eigenvalue weighted by Crippen LogP contribution is 2.32. The molecule has 0 aliphatic carbocycles. The summed E-state index contributed by atoms with van der Waals surface area (Å²) in [6.07, 6.45) is 2.87. The van der Waals surface area contributed by atoms with Crippen molar-refractivity contribution in [2.45, 2.75) is 6.92 Å². The van der Waals surface area contributed by atoms with Crippen LogP contribution in [0.25, 0.3) is 21.7 Å². The van der Waals surface area contributed by atoms with Crippen molar-refractivity contribution in [1.82, 2.24) is 20.2 Å². The van der Waals surface area contributed by atoms with Gasteiger partial charge in [-0.15, -0.1) is 0 Å². The van der Waals surface area contributed by atoms with E-state index in [9.17, 15) is 13.6 Å². The first-order valence-corrected chi connectivity index (χ1v) is 7.60. The van der Waals surface area contributed by atoms with E-state index < -0.39 is 22.3 Å². The Morgan fingerprint density at radius 1 is 1.24 bits per heavy atom. The van der Waals surface area contributed by atoms with Crippen molar-refractivity contribution < 1.29 is 8.78 Å². The van der Waals surface area contributed by atoms with Crippen molar-refractivity contribution >= 4 is 44.8 Å². The van der Waals surface area contributed by atoms with Crippen LogP contribution in [0.3, 0.4) is 0 Å². The summed E-state index contributed by atoms with van der Waals surface area (Å²) in [6, 6.07) is 2.64. The lowest BCUT2D eigenvalue weighted by Gasteiger charge is -2.11. The molecule has 4 aromatic rings. The second-order valence-corrected chi connectivity index (χ2v) is 5.88. The lowest BCUT2D eigenvalue weighted by atomic mass is 10.1. The maximum Gasteiger partial charge on any atom is 0.275 e. The van der Waals surface area contributed by atoms with Gasteiger partial charge in [0, 0.05) is 11.6 Å². The van der Waals surface area contributed by atoms with Crippen molar-refractivity contribution in [1.29, 1.82) is 0 Å². The Hall–Kier alpha value is -3.00. The normalized spacial score (nSPS) is 11.4. The van der Waals surface area contributed by atoms with Gasteiger partial charge >= 0.3 is 0 Å². The van der Waals surface area contributed by atoms with Gasteiger partial charge < -0.3 is 10.3 Å². The molecule has 0 amide bonds. The summed E-state index contributed by atoms with van der Waals surface area (Å²) in [7, 11) is 0. The van der Waals surface area contributed by atoms with Gasteiger partial charge in [0.2, 0.25) is 0 Å². The van der Waals surface area contributed by atoms with Crippen LogP contribution in [0.5, 0.6) is 0 Å². The van der Waals surface area contributed by atoms with Crippen LogP contribution in [0.15, 0.2) is 29.3 Å². The number of aryl methyl sites for hydroxylation is 1. The van der Waals surface area contributed by atoms with E-state index in [1.54, 1.807) is 6.20 Å². The quantitative estimate of drug-likeness (QED) is 0.474. The van der Waals surface area contributed by atoms with E-state index in [0.29, 0.717) is 16.6 Å². The number of anilines is 2. The van der Waals surface area contributed by atoms with Gasteiger partial charge in [0.15, 0.2) is 11.0 Å². The molecule has 0 saturated heterocycles. The average molecular weight is 362 g/mol. The number of benzene rings is 1. The zero-order chi connectivity index (χ0) is 17.7. The number of hydrogen-bond donors (Lipinski definition) is 3. The third-order valence-electron chi connectivity index (χ3n) is 3.93. The van der Waals surface area contributed by atoms with Crippen molar-refractivity contribution in [3.05, 3.63) is 57.2 Å². The number of nitrogens with one attached hydrogen (secondary N) is 3. The average Bonchev–Trinajstić information content (AvgIpc) is 2.93. The number of nitrogens with zero attached hydrogens (tertiary/aromatic N) is 2. The molecule has 0 aliphatic heterocycles. The number of pyridine rings is 1. The molecule has 0 spiro atoms. The highest BCUT2D eigenvalue weighted by atomic mass is 35.5. The maximum absolute atomic E-state index is 14.1. The molecule has 3 N–H and O–H groups in total. The topological polar surface area (TPSA) is 86.5 Å². The molecular weight excluding hydrogens is 352 g/mol. The molecule has 0 aliphatic rings. The Morgan fingerprint density at radius 3 is 2.84 bits per heavy atom. The molecule has 0 unspecified atom stereocenters. The van der Waals surface area contributed by atoms with Gasteiger partial charge in [0.25, 0.3) is 5.56 Å². The second kappa shape index (κ2) is 5.52. The molecule has 25 heavy (non-hydrogen) atoms. The number of rotatable bonds is 2. The van der Waals surface area contributed by atoms with Gasteiger partial charge in [-0.2, -0.15) is 5.10 Å². The van der Waals surface area contributed by atoms with E-state index in [1.165, 1.54) is 12.1 Å². The van der Waals surface area contributed by atoms with Crippen LogP contribution in [0.4, 0.5) is 20.3 Å². The van der Waals surface area contributed by atoms with E-state index in [0.717, 1.165) is 11.8 Å². The summed E-state index contributed by atoms with van der Waals surface area (Å²) in [4.78, 5) is 19.0. The number of H-pyrrole nitrogens is 2. The molecular formula is C16H10ClF2N5O. The van der Waals surface area contributed by atoms with Gasteiger partial charge in [-0.1, -0.05) is 11.6 Å². The summed E-state index contributed by atoms with van der Waals surface area (Å²) < 4.78 is 28.1. The second-order valence-electron chi connectivity index (χ2n) is 5.53. The van der Waals surface area contributed by atoms with Crippen LogP contribution in [0, 0.1) is 18.6 Å². The maximum atomic E-state index is 14.1. The lowest BCUT2D eigenvalue weighted by molar-refractivity contribution is 0.630. The zero-order valence-electron chi connectivity index (χ0n) is 12.7. The first-order valence-electron chi connectivity index (χ1n) is 7.22. The van der Waals surface area contributed by atoms with Crippen LogP contribution >= 0.6 is 11.6 Å². The Labute approximate surface area is 143 Å². The fraction of sp³-hybridized carbons (Fsp3) is 0.0625. The van der Waals surface area contributed by atoms with Gasteiger partial charge in [-0.3, -0.25) is 4.79 Å². The Morgan fingerprint density at radius 2 is 2.04 bits per heavy atom. The standard InChI is InChI=1S/C16H10ClF2N5O/c1-6-4-20-13-8(6)2-7(18)3-10(13)22-15-11-9(5-21-24-16(11)25)12(19)14(17)23-15/h2-5,20H,1H3,(H,22,23)(H,24,25). The smallest absolute Gasteiger partial charge is 0.275 e. The minimum Gasteiger partial charge on any atom is -0.359 e. The molecule has 3 heterocycles. The van der Waals surface area contributed by atoms with Crippen molar-refractivity contribution in [3.8, 4) is 0 Å². The summed E-state index contributed by atoms with van der Waals surface area (Å²) in [5.41, 5.74) is 1.18. The summed E-state index contributed by atoms with van der Waals surface area (Å²) >= 11 is 5.82. The fourth-order valence-electron chi connectivity index (χ4n) is 2.76. The molecule has 0 atom stereocenters. The molecule has 6 nitrogen and oxygen atoms in total. The highest BCUT2D eigenvalue weighted by molar-refractivity contribution is 6.30.